The van der Waals surface area contributed by atoms with Crippen molar-refractivity contribution < 1.29 is 9.90 Å². The summed E-state index contributed by atoms with van der Waals surface area (Å²) in [5, 5.41) is 9.30. The van der Waals surface area contributed by atoms with Gasteiger partial charge in [-0.3, -0.25) is 4.98 Å². The minimum absolute atomic E-state index is 0.208. The summed E-state index contributed by atoms with van der Waals surface area (Å²) in [6.07, 6.45) is 0. The third-order valence-electron chi connectivity index (χ3n) is 2.10. The van der Waals surface area contributed by atoms with Crippen molar-refractivity contribution in [1.29, 1.82) is 0 Å². The molecule has 0 aliphatic rings. The molecular weight excluding hydrogens is 244 g/mol. The number of carboxylic acids is 1. The Balaban J connectivity index is 2.60. The molecule has 0 atom stereocenters. The Morgan fingerprint density at radius 1 is 1.35 bits per heavy atom. The van der Waals surface area contributed by atoms with E-state index in [0.717, 1.165) is 0 Å². The highest BCUT2D eigenvalue weighted by Crippen LogP contribution is 2.20. The summed E-state index contributed by atoms with van der Waals surface area (Å²) < 4.78 is 0. The minimum Gasteiger partial charge on any atom is -0.477 e. The molecule has 2 N–H and O–H groups in total. The number of nitrogens with zero attached hydrogens (tertiary/aromatic N) is 1. The van der Waals surface area contributed by atoms with Crippen LogP contribution in [0.25, 0.3) is 11.3 Å². The summed E-state index contributed by atoms with van der Waals surface area (Å²) in [6.45, 7) is 0. The SMILES string of the molecule is O=C(O)c1cc(-c2cccc(Cl)c2)nc(=O)[nH]1. The molecule has 5 nitrogen and oxygen atoms in total. The highest BCUT2D eigenvalue weighted by Gasteiger charge is 2.08. The summed E-state index contributed by atoms with van der Waals surface area (Å²) in [7, 11) is 0. The summed E-state index contributed by atoms with van der Waals surface area (Å²) in [4.78, 5) is 27.8. The van der Waals surface area contributed by atoms with Gasteiger partial charge in [0.25, 0.3) is 0 Å². The van der Waals surface area contributed by atoms with Gasteiger partial charge in [0, 0.05) is 10.6 Å². The number of benzene rings is 1. The van der Waals surface area contributed by atoms with Crippen LogP contribution in [-0.2, 0) is 0 Å². The number of H-pyrrole nitrogens is 1. The van der Waals surface area contributed by atoms with Crippen LogP contribution in [0.2, 0.25) is 5.02 Å². The number of aromatic nitrogens is 2. The van der Waals surface area contributed by atoms with E-state index in [-0.39, 0.29) is 11.4 Å². The molecule has 0 amide bonds. The number of aromatic carboxylic acids is 1. The van der Waals surface area contributed by atoms with Crippen LogP contribution >= 0.6 is 11.6 Å². The first-order valence-electron chi connectivity index (χ1n) is 4.67. The quantitative estimate of drug-likeness (QED) is 0.851. The molecule has 86 valence electrons. The molecule has 0 unspecified atom stereocenters. The van der Waals surface area contributed by atoms with Gasteiger partial charge in [0.2, 0.25) is 0 Å². The maximum Gasteiger partial charge on any atom is 0.352 e. The lowest BCUT2D eigenvalue weighted by Crippen LogP contribution is -2.16. The third-order valence-corrected chi connectivity index (χ3v) is 2.33. The normalized spacial score (nSPS) is 10.2. The minimum atomic E-state index is -1.22. The molecule has 0 bridgehead atoms. The average molecular weight is 251 g/mol. The Morgan fingerprint density at radius 2 is 2.12 bits per heavy atom. The number of nitrogens with one attached hydrogen (secondary N) is 1. The zero-order valence-electron chi connectivity index (χ0n) is 8.48. The number of halogens is 1. The molecule has 0 saturated heterocycles. The first-order chi connectivity index (χ1) is 8.06. The third kappa shape index (κ3) is 2.51. The van der Waals surface area contributed by atoms with Crippen molar-refractivity contribution in [3.63, 3.8) is 0 Å². The first kappa shape index (κ1) is 11.3. The van der Waals surface area contributed by atoms with Gasteiger partial charge in [-0.05, 0) is 18.2 Å². The van der Waals surface area contributed by atoms with Crippen LogP contribution in [0.3, 0.4) is 0 Å². The fourth-order valence-corrected chi connectivity index (χ4v) is 1.56. The molecule has 0 saturated carbocycles. The van der Waals surface area contributed by atoms with Gasteiger partial charge in [0.1, 0.15) is 5.69 Å². The van der Waals surface area contributed by atoms with Gasteiger partial charge in [0.05, 0.1) is 5.69 Å². The van der Waals surface area contributed by atoms with E-state index in [1.807, 2.05) is 0 Å². The van der Waals surface area contributed by atoms with Crippen molar-refractivity contribution in [1.82, 2.24) is 9.97 Å². The predicted octanol–water partition coefficient (Wildman–Crippen LogP) is 1.79. The molecule has 6 heteroatoms. The maximum absolute atomic E-state index is 11.2. The lowest BCUT2D eigenvalue weighted by atomic mass is 10.1. The van der Waals surface area contributed by atoms with Crippen molar-refractivity contribution in [3.8, 4) is 11.3 Å². The van der Waals surface area contributed by atoms with E-state index in [1.165, 1.54) is 6.07 Å². The Morgan fingerprint density at radius 3 is 2.76 bits per heavy atom. The molecule has 1 aromatic carbocycles. The zero-order chi connectivity index (χ0) is 12.4. The molecule has 2 rings (SSSR count). The predicted molar refractivity (Wildman–Crippen MR) is 62.3 cm³/mol. The number of hydrogen-bond acceptors (Lipinski definition) is 3. The lowest BCUT2D eigenvalue weighted by molar-refractivity contribution is 0.0690. The van der Waals surface area contributed by atoms with E-state index in [9.17, 15) is 9.59 Å². The monoisotopic (exact) mass is 250 g/mol. The lowest BCUT2D eigenvalue weighted by Gasteiger charge is -2.01. The van der Waals surface area contributed by atoms with Crippen molar-refractivity contribution >= 4 is 17.6 Å². The number of carbonyl (C=O) groups is 1. The average Bonchev–Trinajstić information content (AvgIpc) is 2.28. The van der Waals surface area contributed by atoms with Crippen LogP contribution in [-0.4, -0.2) is 21.0 Å². The second-order valence-electron chi connectivity index (χ2n) is 3.30. The van der Waals surface area contributed by atoms with Crippen LogP contribution in [0.5, 0.6) is 0 Å². The van der Waals surface area contributed by atoms with E-state index >= 15 is 0 Å². The molecule has 2 aromatic rings. The molecule has 1 aromatic heterocycles. The van der Waals surface area contributed by atoms with E-state index in [2.05, 4.69) is 9.97 Å². The van der Waals surface area contributed by atoms with Crippen LogP contribution in [0, 0.1) is 0 Å². The van der Waals surface area contributed by atoms with E-state index < -0.39 is 11.7 Å². The Labute approximate surface area is 101 Å². The van der Waals surface area contributed by atoms with Gasteiger partial charge in [-0.25, -0.2) is 9.59 Å². The highest BCUT2D eigenvalue weighted by molar-refractivity contribution is 6.30. The summed E-state index contributed by atoms with van der Waals surface area (Å²) in [5.41, 5.74) is -0.0559. The van der Waals surface area contributed by atoms with Crippen molar-refractivity contribution in [2.24, 2.45) is 0 Å². The van der Waals surface area contributed by atoms with E-state index in [4.69, 9.17) is 16.7 Å². The van der Waals surface area contributed by atoms with Gasteiger partial charge < -0.3 is 5.11 Å². The van der Waals surface area contributed by atoms with Crippen LogP contribution in [0.4, 0.5) is 0 Å². The Hall–Kier alpha value is -2.14. The fourth-order valence-electron chi connectivity index (χ4n) is 1.37. The second kappa shape index (κ2) is 4.39. The Kier molecular flexibility index (Phi) is 2.93. The molecule has 0 radical (unpaired) electrons. The molecule has 0 aliphatic heterocycles. The molecular formula is C11H7ClN2O3. The smallest absolute Gasteiger partial charge is 0.352 e. The number of aromatic amines is 1. The van der Waals surface area contributed by atoms with E-state index in [0.29, 0.717) is 10.6 Å². The first-order valence-corrected chi connectivity index (χ1v) is 5.04. The molecule has 17 heavy (non-hydrogen) atoms. The summed E-state index contributed by atoms with van der Waals surface area (Å²) in [5.74, 6) is -1.22. The van der Waals surface area contributed by atoms with Gasteiger partial charge in [-0.2, -0.15) is 4.98 Å². The van der Waals surface area contributed by atoms with E-state index in [1.54, 1.807) is 24.3 Å². The molecule has 0 spiro atoms. The topological polar surface area (TPSA) is 83.0 Å². The van der Waals surface area contributed by atoms with Crippen molar-refractivity contribution in [2.75, 3.05) is 0 Å². The maximum atomic E-state index is 11.2. The van der Waals surface area contributed by atoms with Crippen molar-refractivity contribution in [3.05, 3.63) is 51.5 Å². The van der Waals surface area contributed by atoms with Crippen LogP contribution < -0.4 is 5.69 Å². The second-order valence-corrected chi connectivity index (χ2v) is 3.74. The van der Waals surface area contributed by atoms with Gasteiger partial charge in [-0.1, -0.05) is 23.7 Å². The van der Waals surface area contributed by atoms with Gasteiger partial charge >= 0.3 is 11.7 Å². The summed E-state index contributed by atoms with van der Waals surface area (Å²) in [6, 6.07) is 7.96. The number of carboxylic acid groups (broad SMARTS) is 1. The largest absolute Gasteiger partial charge is 0.477 e. The van der Waals surface area contributed by atoms with Gasteiger partial charge in [0.15, 0.2) is 0 Å². The van der Waals surface area contributed by atoms with Gasteiger partial charge in [-0.15, -0.1) is 0 Å². The number of hydrogen-bond donors (Lipinski definition) is 2. The van der Waals surface area contributed by atoms with Crippen molar-refractivity contribution in [2.45, 2.75) is 0 Å². The summed E-state index contributed by atoms with van der Waals surface area (Å²) >= 11 is 5.81. The molecule has 0 aliphatic carbocycles. The van der Waals surface area contributed by atoms with Crippen LogP contribution in [0.1, 0.15) is 10.5 Å². The molecule has 0 fully saturated rings. The number of rotatable bonds is 2. The molecule has 1 heterocycles. The van der Waals surface area contributed by atoms with Crippen LogP contribution in [0.15, 0.2) is 35.1 Å². The Bertz CT molecular complexity index is 637. The standard InChI is InChI=1S/C11H7ClN2O3/c12-7-3-1-2-6(4-7)8-5-9(10(15)16)14-11(17)13-8/h1-5H,(H,15,16)(H,13,14,17). The fraction of sp³-hybridized carbons (Fsp3) is 0. The highest BCUT2D eigenvalue weighted by atomic mass is 35.5. The zero-order valence-corrected chi connectivity index (χ0v) is 9.23.